The molecule has 1 saturated carbocycles. The lowest BCUT2D eigenvalue weighted by molar-refractivity contribution is 0.259. The maximum absolute atomic E-state index is 10.8. The highest BCUT2D eigenvalue weighted by Gasteiger charge is 2.29. The standard InChI is InChI=1S/C16H17N7O/c17-16(24)20-12-5-1-10(2-6-12)9-19-13-15-22-21-14(11-3-4-11)23(15)8-7-18-13/h1-2,5-8,11H,3-4,9H2,(H,18,19)(H3,17,20,24). The van der Waals surface area contributed by atoms with E-state index in [2.05, 4.69) is 25.8 Å². The van der Waals surface area contributed by atoms with Crippen LogP contribution in [0.5, 0.6) is 0 Å². The smallest absolute Gasteiger partial charge is 0.316 e. The first-order chi connectivity index (χ1) is 11.7. The topological polar surface area (TPSA) is 110 Å². The molecule has 1 aliphatic carbocycles. The molecule has 3 aromatic rings. The van der Waals surface area contributed by atoms with Gasteiger partial charge in [-0.2, -0.15) is 0 Å². The van der Waals surface area contributed by atoms with Crippen molar-refractivity contribution in [2.45, 2.75) is 25.3 Å². The molecular weight excluding hydrogens is 306 g/mol. The quantitative estimate of drug-likeness (QED) is 0.666. The number of carbonyl (C=O) groups excluding carboxylic acids is 1. The number of primary amides is 1. The predicted octanol–water partition coefficient (Wildman–Crippen LogP) is 2.10. The first-order valence-corrected chi connectivity index (χ1v) is 7.79. The van der Waals surface area contributed by atoms with E-state index in [1.54, 1.807) is 18.3 Å². The lowest BCUT2D eigenvalue weighted by atomic mass is 10.2. The summed E-state index contributed by atoms with van der Waals surface area (Å²) >= 11 is 0. The van der Waals surface area contributed by atoms with Crippen LogP contribution in [-0.2, 0) is 6.54 Å². The average molecular weight is 323 g/mol. The lowest BCUT2D eigenvalue weighted by Crippen LogP contribution is -2.19. The highest BCUT2D eigenvalue weighted by atomic mass is 16.2. The van der Waals surface area contributed by atoms with Gasteiger partial charge in [0, 0.05) is 30.5 Å². The van der Waals surface area contributed by atoms with E-state index in [1.807, 2.05) is 22.7 Å². The molecule has 8 nitrogen and oxygen atoms in total. The van der Waals surface area contributed by atoms with Gasteiger partial charge in [-0.1, -0.05) is 12.1 Å². The number of rotatable bonds is 5. The number of hydrogen-bond acceptors (Lipinski definition) is 5. The zero-order valence-electron chi connectivity index (χ0n) is 12.9. The van der Waals surface area contributed by atoms with Crippen molar-refractivity contribution in [3.8, 4) is 0 Å². The molecule has 0 aliphatic heterocycles. The predicted molar refractivity (Wildman–Crippen MR) is 89.7 cm³/mol. The number of amides is 2. The van der Waals surface area contributed by atoms with Crippen LogP contribution >= 0.6 is 0 Å². The summed E-state index contributed by atoms with van der Waals surface area (Å²) < 4.78 is 2.01. The van der Waals surface area contributed by atoms with Gasteiger partial charge in [-0.3, -0.25) is 4.40 Å². The van der Waals surface area contributed by atoms with E-state index in [4.69, 9.17) is 5.73 Å². The van der Waals surface area contributed by atoms with Gasteiger partial charge in [0.15, 0.2) is 5.82 Å². The Balaban J connectivity index is 1.49. The molecule has 1 aromatic carbocycles. The maximum atomic E-state index is 10.8. The molecular formula is C16H17N7O. The van der Waals surface area contributed by atoms with Crippen molar-refractivity contribution in [1.82, 2.24) is 19.6 Å². The van der Waals surface area contributed by atoms with E-state index in [0.717, 1.165) is 17.0 Å². The van der Waals surface area contributed by atoms with E-state index in [9.17, 15) is 4.79 Å². The molecule has 2 heterocycles. The number of anilines is 2. The van der Waals surface area contributed by atoms with Crippen LogP contribution in [0.15, 0.2) is 36.7 Å². The highest BCUT2D eigenvalue weighted by Crippen LogP contribution is 2.39. The number of nitrogens with zero attached hydrogens (tertiary/aromatic N) is 4. The number of aromatic nitrogens is 4. The molecule has 2 amide bonds. The molecule has 4 N–H and O–H groups in total. The van der Waals surface area contributed by atoms with Gasteiger partial charge in [0.2, 0.25) is 5.65 Å². The van der Waals surface area contributed by atoms with E-state index < -0.39 is 6.03 Å². The third kappa shape index (κ3) is 2.85. The number of nitrogens with two attached hydrogens (primary N) is 1. The van der Waals surface area contributed by atoms with Crippen LogP contribution in [0.2, 0.25) is 0 Å². The van der Waals surface area contributed by atoms with Gasteiger partial charge in [0.05, 0.1) is 0 Å². The molecule has 0 saturated heterocycles. The minimum atomic E-state index is -0.574. The molecule has 1 fully saturated rings. The van der Waals surface area contributed by atoms with Gasteiger partial charge in [0.1, 0.15) is 5.82 Å². The Morgan fingerprint density at radius 2 is 2.04 bits per heavy atom. The van der Waals surface area contributed by atoms with Gasteiger partial charge in [-0.05, 0) is 30.5 Å². The second kappa shape index (κ2) is 5.80. The number of urea groups is 1. The SMILES string of the molecule is NC(=O)Nc1ccc(CNc2nccn3c(C4CC4)nnc23)cc1. The summed E-state index contributed by atoms with van der Waals surface area (Å²) in [6.07, 6.45) is 6.01. The molecule has 24 heavy (non-hydrogen) atoms. The normalized spacial score (nSPS) is 13.8. The van der Waals surface area contributed by atoms with Crippen LogP contribution in [0.25, 0.3) is 5.65 Å². The third-order valence-electron chi connectivity index (χ3n) is 3.98. The van der Waals surface area contributed by atoms with Crippen LogP contribution in [0.3, 0.4) is 0 Å². The van der Waals surface area contributed by atoms with Crippen molar-refractivity contribution in [3.05, 3.63) is 48.0 Å². The molecule has 1 aliphatic rings. The van der Waals surface area contributed by atoms with Crippen LogP contribution in [0, 0.1) is 0 Å². The zero-order valence-corrected chi connectivity index (χ0v) is 12.9. The van der Waals surface area contributed by atoms with E-state index in [0.29, 0.717) is 24.0 Å². The number of nitrogens with one attached hydrogen (secondary N) is 2. The maximum Gasteiger partial charge on any atom is 0.316 e. The van der Waals surface area contributed by atoms with Crippen molar-refractivity contribution in [1.29, 1.82) is 0 Å². The van der Waals surface area contributed by atoms with Gasteiger partial charge < -0.3 is 16.4 Å². The highest BCUT2D eigenvalue weighted by molar-refractivity contribution is 5.87. The van der Waals surface area contributed by atoms with E-state index >= 15 is 0 Å². The Morgan fingerprint density at radius 3 is 2.75 bits per heavy atom. The van der Waals surface area contributed by atoms with E-state index in [-0.39, 0.29) is 0 Å². The second-order valence-electron chi connectivity index (χ2n) is 5.84. The fourth-order valence-corrected chi connectivity index (χ4v) is 2.62. The van der Waals surface area contributed by atoms with Gasteiger partial charge >= 0.3 is 6.03 Å². The molecule has 0 unspecified atom stereocenters. The number of hydrogen-bond donors (Lipinski definition) is 3. The van der Waals surface area contributed by atoms with Gasteiger partial charge in [-0.25, -0.2) is 9.78 Å². The fourth-order valence-electron chi connectivity index (χ4n) is 2.62. The third-order valence-corrected chi connectivity index (χ3v) is 3.98. The van der Waals surface area contributed by atoms with Crippen LogP contribution in [0.1, 0.15) is 30.1 Å². The average Bonchev–Trinajstić information content (AvgIpc) is 3.32. The molecule has 0 radical (unpaired) electrons. The summed E-state index contributed by atoms with van der Waals surface area (Å²) in [6, 6.07) is 6.86. The van der Waals surface area contributed by atoms with Gasteiger partial charge in [0.25, 0.3) is 0 Å². The van der Waals surface area contributed by atoms with Crippen molar-refractivity contribution in [3.63, 3.8) is 0 Å². The molecule has 4 rings (SSSR count). The molecule has 0 spiro atoms. The van der Waals surface area contributed by atoms with Crippen LogP contribution in [-0.4, -0.2) is 25.6 Å². The van der Waals surface area contributed by atoms with Crippen molar-refractivity contribution >= 4 is 23.2 Å². The molecule has 8 heteroatoms. The summed E-state index contributed by atoms with van der Waals surface area (Å²) in [5.41, 5.74) is 7.55. The lowest BCUT2D eigenvalue weighted by Gasteiger charge is -2.08. The van der Waals surface area contributed by atoms with Crippen molar-refractivity contribution in [2.24, 2.45) is 5.73 Å². The van der Waals surface area contributed by atoms with Crippen LogP contribution in [0.4, 0.5) is 16.3 Å². The Labute approximate surface area is 138 Å². The van der Waals surface area contributed by atoms with Gasteiger partial charge in [-0.15, -0.1) is 10.2 Å². The summed E-state index contributed by atoms with van der Waals surface area (Å²) in [5, 5.41) is 14.4. The summed E-state index contributed by atoms with van der Waals surface area (Å²) in [7, 11) is 0. The summed E-state index contributed by atoms with van der Waals surface area (Å²) in [6.45, 7) is 0.592. The number of benzene rings is 1. The monoisotopic (exact) mass is 323 g/mol. The fraction of sp³-hybridized carbons (Fsp3) is 0.250. The first kappa shape index (κ1) is 14.4. The molecule has 0 atom stereocenters. The Morgan fingerprint density at radius 1 is 1.25 bits per heavy atom. The second-order valence-corrected chi connectivity index (χ2v) is 5.84. The Bertz CT molecular complexity index is 883. The molecule has 0 bridgehead atoms. The van der Waals surface area contributed by atoms with Crippen molar-refractivity contribution in [2.75, 3.05) is 10.6 Å². The van der Waals surface area contributed by atoms with Crippen LogP contribution < -0.4 is 16.4 Å². The minimum absolute atomic E-state index is 0.528. The molecule has 122 valence electrons. The molecule has 2 aromatic heterocycles. The Kier molecular flexibility index (Phi) is 3.49. The largest absolute Gasteiger partial charge is 0.363 e. The number of carbonyl (C=O) groups is 1. The summed E-state index contributed by atoms with van der Waals surface area (Å²) in [5.74, 6) is 2.24. The number of fused-ring (bicyclic) bond motifs is 1. The minimum Gasteiger partial charge on any atom is -0.363 e. The summed E-state index contributed by atoms with van der Waals surface area (Å²) in [4.78, 5) is 15.2. The zero-order chi connectivity index (χ0) is 16.5. The first-order valence-electron chi connectivity index (χ1n) is 7.79. The Hall–Kier alpha value is -3.16. The van der Waals surface area contributed by atoms with E-state index in [1.165, 1.54) is 12.8 Å². The van der Waals surface area contributed by atoms with Crippen molar-refractivity contribution < 1.29 is 4.79 Å².